The molecule has 2 amide bonds. The van der Waals surface area contributed by atoms with Gasteiger partial charge >= 0.3 is 0 Å². The molecular weight excluding hydrogens is 414 g/mol. The summed E-state index contributed by atoms with van der Waals surface area (Å²) in [4.78, 5) is 33.9. The SMILES string of the molecule is Cc1cc(NC(=O)c2ccc3ccc(N4CCN(C(=O)c5ccccc5)CC4)n3c2)ccn1. The summed E-state index contributed by atoms with van der Waals surface area (Å²) < 4.78 is 2.04. The van der Waals surface area contributed by atoms with Crippen molar-refractivity contribution in [3.8, 4) is 0 Å². The van der Waals surface area contributed by atoms with Gasteiger partial charge in [0.05, 0.1) is 5.56 Å². The second-order valence-electron chi connectivity index (χ2n) is 8.19. The van der Waals surface area contributed by atoms with Crippen LogP contribution in [0.1, 0.15) is 26.4 Å². The van der Waals surface area contributed by atoms with Crippen LogP contribution in [0.25, 0.3) is 5.52 Å². The Bertz CT molecular complexity index is 1310. The number of piperazine rings is 1. The maximum atomic E-state index is 12.8. The minimum absolute atomic E-state index is 0.0700. The van der Waals surface area contributed by atoms with Crippen LogP contribution in [-0.4, -0.2) is 52.3 Å². The zero-order chi connectivity index (χ0) is 22.8. The van der Waals surface area contributed by atoms with E-state index in [1.807, 2.05) is 77.0 Å². The Morgan fingerprint density at radius 1 is 0.879 bits per heavy atom. The lowest BCUT2D eigenvalue weighted by atomic mass is 10.2. The number of aryl methyl sites for hydroxylation is 1. The molecule has 0 aliphatic carbocycles. The van der Waals surface area contributed by atoms with Gasteiger partial charge in [-0.1, -0.05) is 18.2 Å². The Kier molecular flexibility index (Phi) is 5.52. The van der Waals surface area contributed by atoms with Crippen molar-refractivity contribution in [1.82, 2.24) is 14.3 Å². The number of nitrogens with one attached hydrogen (secondary N) is 1. The summed E-state index contributed by atoms with van der Waals surface area (Å²) in [5, 5.41) is 2.94. The first-order chi connectivity index (χ1) is 16.1. The molecule has 4 heterocycles. The van der Waals surface area contributed by atoms with E-state index in [0.717, 1.165) is 41.4 Å². The minimum Gasteiger partial charge on any atom is -0.354 e. The maximum absolute atomic E-state index is 12.8. The van der Waals surface area contributed by atoms with Crippen molar-refractivity contribution in [2.75, 3.05) is 36.4 Å². The smallest absolute Gasteiger partial charge is 0.257 e. The van der Waals surface area contributed by atoms with Crippen LogP contribution in [-0.2, 0) is 0 Å². The van der Waals surface area contributed by atoms with E-state index in [9.17, 15) is 9.59 Å². The van der Waals surface area contributed by atoms with Crippen molar-refractivity contribution >= 4 is 28.8 Å². The van der Waals surface area contributed by atoms with E-state index in [-0.39, 0.29) is 11.8 Å². The number of hydrogen-bond acceptors (Lipinski definition) is 4. The Morgan fingerprint density at radius 3 is 2.39 bits per heavy atom. The fourth-order valence-corrected chi connectivity index (χ4v) is 4.21. The summed E-state index contributed by atoms with van der Waals surface area (Å²) in [5.41, 5.74) is 3.89. The van der Waals surface area contributed by atoms with Gasteiger partial charge in [0, 0.05) is 61.0 Å². The molecule has 7 nitrogen and oxygen atoms in total. The van der Waals surface area contributed by atoms with Crippen molar-refractivity contribution in [3.63, 3.8) is 0 Å². The molecule has 1 N–H and O–H groups in total. The van der Waals surface area contributed by atoms with E-state index < -0.39 is 0 Å². The van der Waals surface area contributed by atoms with Gasteiger partial charge in [0.2, 0.25) is 0 Å². The molecule has 1 saturated heterocycles. The molecule has 5 rings (SSSR count). The first-order valence-corrected chi connectivity index (χ1v) is 11.0. The van der Waals surface area contributed by atoms with Crippen molar-refractivity contribution in [2.45, 2.75) is 6.92 Å². The number of fused-ring (bicyclic) bond motifs is 1. The van der Waals surface area contributed by atoms with Crippen LogP contribution in [0, 0.1) is 6.92 Å². The number of carbonyl (C=O) groups excluding carboxylic acids is 2. The highest BCUT2D eigenvalue weighted by Gasteiger charge is 2.23. The number of anilines is 2. The maximum Gasteiger partial charge on any atom is 0.257 e. The van der Waals surface area contributed by atoms with Crippen LogP contribution in [0.15, 0.2) is 79.1 Å². The van der Waals surface area contributed by atoms with E-state index in [1.165, 1.54) is 0 Å². The molecule has 1 aromatic carbocycles. The van der Waals surface area contributed by atoms with E-state index in [0.29, 0.717) is 18.7 Å². The van der Waals surface area contributed by atoms with E-state index in [2.05, 4.69) is 21.3 Å². The van der Waals surface area contributed by atoms with Gasteiger partial charge in [-0.3, -0.25) is 14.6 Å². The number of carbonyl (C=O) groups is 2. The largest absolute Gasteiger partial charge is 0.354 e. The summed E-state index contributed by atoms with van der Waals surface area (Å²) in [7, 11) is 0. The van der Waals surface area contributed by atoms with E-state index in [1.54, 1.807) is 12.3 Å². The fraction of sp³-hybridized carbons (Fsp3) is 0.192. The number of rotatable bonds is 4. The van der Waals surface area contributed by atoms with Crippen LogP contribution in [0.4, 0.5) is 11.5 Å². The third-order valence-corrected chi connectivity index (χ3v) is 5.96. The Hall–Kier alpha value is -4.13. The van der Waals surface area contributed by atoms with Crippen LogP contribution >= 0.6 is 0 Å². The Morgan fingerprint density at radius 2 is 1.64 bits per heavy atom. The highest BCUT2D eigenvalue weighted by atomic mass is 16.2. The minimum atomic E-state index is -0.166. The third-order valence-electron chi connectivity index (χ3n) is 5.96. The molecule has 0 unspecified atom stereocenters. The molecule has 166 valence electrons. The number of pyridine rings is 2. The van der Waals surface area contributed by atoms with Gasteiger partial charge in [-0.25, -0.2) is 0 Å². The van der Waals surface area contributed by atoms with Gasteiger partial charge in [-0.15, -0.1) is 0 Å². The lowest BCUT2D eigenvalue weighted by Crippen LogP contribution is -2.49. The van der Waals surface area contributed by atoms with E-state index >= 15 is 0 Å². The zero-order valence-corrected chi connectivity index (χ0v) is 18.4. The number of nitrogens with zero attached hydrogens (tertiary/aromatic N) is 4. The summed E-state index contributed by atoms with van der Waals surface area (Å²) in [5.74, 6) is 0.923. The number of benzene rings is 1. The van der Waals surface area contributed by atoms with Crippen LogP contribution in [0.5, 0.6) is 0 Å². The lowest BCUT2D eigenvalue weighted by Gasteiger charge is -2.36. The standard InChI is InChI=1S/C26H25N5O2/c1-19-17-22(11-12-27-19)28-25(32)21-7-8-23-9-10-24(31(23)18-21)29-13-15-30(16-14-29)26(33)20-5-3-2-4-6-20/h2-12,17-18H,13-16H2,1H3,(H,27,28,32). The average Bonchev–Trinajstić information content (AvgIpc) is 3.27. The summed E-state index contributed by atoms with van der Waals surface area (Å²) >= 11 is 0. The summed E-state index contributed by atoms with van der Waals surface area (Å²) in [6, 6.07) is 20.9. The fourth-order valence-electron chi connectivity index (χ4n) is 4.21. The molecule has 0 saturated carbocycles. The highest BCUT2D eigenvalue weighted by molar-refractivity contribution is 6.04. The first-order valence-electron chi connectivity index (χ1n) is 11.0. The predicted octanol–water partition coefficient (Wildman–Crippen LogP) is 3.86. The van der Waals surface area contributed by atoms with Crippen LogP contribution in [0.3, 0.4) is 0 Å². The van der Waals surface area contributed by atoms with Gasteiger partial charge < -0.3 is 19.5 Å². The Balaban J connectivity index is 1.31. The highest BCUT2D eigenvalue weighted by Crippen LogP contribution is 2.23. The molecule has 33 heavy (non-hydrogen) atoms. The molecule has 7 heteroatoms. The van der Waals surface area contributed by atoms with Gasteiger partial charge in [0.25, 0.3) is 11.8 Å². The third kappa shape index (κ3) is 4.30. The predicted molar refractivity (Wildman–Crippen MR) is 129 cm³/mol. The molecule has 1 aliphatic rings. The molecule has 4 aromatic rings. The molecule has 1 aliphatic heterocycles. The van der Waals surface area contributed by atoms with Gasteiger partial charge in [-0.05, 0) is 55.5 Å². The molecular formula is C26H25N5O2. The average molecular weight is 440 g/mol. The zero-order valence-electron chi connectivity index (χ0n) is 18.4. The monoisotopic (exact) mass is 439 g/mol. The van der Waals surface area contributed by atoms with Crippen molar-refractivity contribution < 1.29 is 9.59 Å². The van der Waals surface area contributed by atoms with Crippen molar-refractivity contribution in [3.05, 3.63) is 95.9 Å². The van der Waals surface area contributed by atoms with Gasteiger partial charge in [-0.2, -0.15) is 0 Å². The quantitative estimate of drug-likeness (QED) is 0.524. The molecule has 0 radical (unpaired) electrons. The second kappa shape index (κ2) is 8.78. The Labute approximate surface area is 192 Å². The molecule has 1 fully saturated rings. The number of aromatic nitrogens is 2. The van der Waals surface area contributed by atoms with Crippen molar-refractivity contribution in [2.24, 2.45) is 0 Å². The molecule has 0 atom stereocenters. The second-order valence-corrected chi connectivity index (χ2v) is 8.19. The molecule has 3 aromatic heterocycles. The van der Waals surface area contributed by atoms with Crippen LogP contribution in [0.2, 0.25) is 0 Å². The topological polar surface area (TPSA) is 70.0 Å². The number of hydrogen-bond donors (Lipinski definition) is 1. The van der Waals surface area contributed by atoms with Crippen molar-refractivity contribution in [1.29, 1.82) is 0 Å². The first kappa shape index (κ1) is 20.8. The molecule has 0 bridgehead atoms. The van der Waals surface area contributed by atoms with Gasteiger partial charge in [0.15, 0.2) is 0 Å². The van der Waals surface area contributed by atoms with Gasteiger partial charge in [0.1, 0.15) is 5.82 Å². The van der Waals surface area contributed by atoms with E-state index in [4.69, 9.17) is 0 Å². The molecule has 0 spiro atoms. The number of amides is 2. The normalized spacial score (nSPS) is 13.8. The lowest BCUT2D eigenvalue weighted by molar-refractivity contribution is 0.0746. The van der Waals surface area contributed by atoms with Crippen LogP contribution < -0.4 is 10.2 Å². The summed E-state index contributed by atoms with van der Waals surface area (Å²) in [6.07, 6.45) is 3.55. The summed E-state index contributed by atoms with van der Waals surface area (Å²) in [6.45, 7) is 4.67.